The molecule has 0 aliphatic carbocycles. The fourth-order valence-corrected chi connectivity index (χ4v) is 8.82. The topological polar surface area (TPSA) is 25.8 Å². The number of hydrogen-bond acceptors (Lipinski definition) is 2. The van der Waals surface area contributed by atoms with Crippen LogP contribution >= 0.6 is 0 Å². The lowest BCUT2D eigenvalue weighted by molar-refractivity contribution is 1.33. The highest BCUT2D eigenvalue weighted by atomic mass is 14.6. The Morgan fingerprint density at radius 3 is 0.800 bits per heavy atom. The van der Waals surface area contributed by atoms with Crippen molar-refractivity contribution in [3.05, 3.63) is 231 Å². The third-order valence-corrected chi connectivity index (χ3v) is 11.8. The maximum atomic E-state index is 4.23. The lowest BCUT2D eigenvalue weighted by Crippen LogP contribution is -1.89. The van der Waals surface area contributed by atoms with E-state index in [2.05, 4.69) is 216 Å². The summed E-state index contributed by atoms with van der Waals surface area (Å²) in [5, 5.41) is 7.65. The second-order valence-electron chi connectivity index (χ2n) is 15.4. The van der Waals surface area contributed by atoms with Crippen molar-refractivity contribution in [2.45, 2.75) is 0 Å². The average Bonchev–Trinajstić information content (AvgIpc) is 3.34. The Morgan fingerprint density at radius 2 is 0.433 bits per heavy atom. The molecule has 0 fully saturated rings. The number of nitrogens with zero attached hydrogens (tertiary/aromatic N) is 2. The van der Waals surface area contributed by atoms with E-state index in [4.69, 9.17) is 0 Å². The Kier molecular flexibility index (Phi) is 8.87. The van der Waals surface area contributed by atoms with Crippen LogP contribution in [0.15, 0.2) is 231 Å². The van der Waals surface area contributed by atoms with Crippen molar-refractivity contribution in [2.24, 2.45) is 0 Å². The maximum absolute atomic E-state index is 4.23. The van der Waals surface area contributed by atoms with Crippen LogP contribution in [0.4, 0.5) is 0 Å². The Morgan fingerprint density at radius 1 is 0.167 bits per heavy atom. The summed E-state index contributed by atoms with van der Waals surface area (Å²) in [5.74, 6) is 0. The first kappa shape index (κ1) is 35.2. The minimum absolute atomic E-state index is 1.16. The molecule has 60 heavy (non-hydrogen) atoms. The Bertz CT molecular complexity index is 3190. The van der Waals surface area contributed by atoms with Crippen LogP contribution in [0.1, 0.15) is 0 Å². The molecule has 2 heterocycles. The minimum Gasteiger partial charge on any atom is -0.265 e. The predicted molar refractivity (Wildman–Crippen MR) is 253 cm³/mol. The van der Waals surface area contributed by atoms with Crippen molar-refractivity contribution in [3.63, 3.8) is 0 Å². The molecule has 0 aliphatic rings. The summed E-state index contributed by atoms with van der Waals surface area (Å²) in [6, 6.07) is 75.4. The molecule has 0 atom stereocenters. The molecule has 2 aromatic heterocycles. The van der Waals surface area contributed by atoms with Gasteiger partial charge in [-0.15, -0.1) is 0 Å². The van der Waals surface area contributed by atoms with E-state index in [9.17, 15) is 0 Å². The van der Waals surface area contributed by atoms with Gasteiger partial charge in [0.25, 0.3) is 0 Å². The second kappa shape index (κ2) is 15.1. The minimum atomic E-state index is 1.16. The van der Waals surface area contributed by atoms with Gasteiger partial charge >= 0.3 is 0 Å². The summed E-state index contributed by atoms with van der Waals surface area (Å²) >= 11 is 0. The first-order valence-corrected chi connectivity index (χ1v) is 20.4. The summed E-state index contributed by atoms with van der Waals surface area (Å²) in [6.45, 7) is 0. The molecule has 280 valence electrons. The molecule has 0 amide bonds. The van der Waals surface area contributed by atoms with Crippen LogP contribution in [0.3, 0.4) is 0 Å². The molecule has 0 unspecified atom stereocenters. The summed E-state index contributed by atoms with van der Waals surface area (Å²) in [5.41, 5.74) is 16.4. The van der Waals surface area contributed by atoms with Crippen LogP contribution in [-0.4, -0.2) is 9.97 Å². The van der Waals surface area contributed by atoms with E-state index in [0.717, 1.165) is 11.1 Å². The number of rotatable bonds is 7. The first-order chi connectivity index (χ1) is 29.7. The molecule has 0 N–H and O–H groups in total. The molecule has 2 heteroatoms. The third kappa shape index (κ3) is 6.61. The molecule has 0 radical (unpaired) electrons. The van der Waals surface area contributed by atoms with Crippen LogP contribution in [0.25, 0.3) is 110 Å². The van der Waals surface area contributed by atoms with Gasteiger partial charge in [0.05, 0.1) is 0 Å². The van der Waals surface area contributed by atoms with Gasteiger partial charge in [0.2, 0.25) is 0 Å². The van der Waals surface area contributed by atoms with Gasteiger partial charge < -0.3 is 0 Å². The normalized spacial score (nSPS) is 11.3. The number of fused-ring (bicyclic) bond motifs is 6. The molecule has 0 bridgehead atoms. The lowest BCUT2D eigenvalue weighted by Gasteiger charge is -2.15. The zero-order valence-corrected chi connectivity index (χ0v) is 32.8. The second-order valence-corrected chi connectivity index (χ2v) is 15.4. The highest BCUT2D eigenvalue weighted by Crippen LogP contribution is 2.40. The zero-order chi connectivity index (χ0) is 39.8. The van der Waals surface area contributed by atoms with Crippen molar-refractivity contribution in [3.8, 4) is 77.9 Å². The smallest absolute Gasteiger partial charge is 0.0273 e. The van der Waals surface area contributed by atoms with Crippen LogP contribution in [0.2, 0.25) is 0 Å². The highest BCUT2D eigenvalue weighted by molar-refractivity contribution is 6.25. The van der Waals surface area contributed by atoms with E-state index in [0.29, 0.717) is 0 Å². The van der Waals surface area contributed by atoms with Gasteiger partial charge in [-0.05, 0) is 183 Å². The van der Waals surface area contributed by atoms with E-state index < -0.39 is 0 Å². The zero-order valence-electron chi connectivity index (χ0n) is 32.8. The highest BCUT2D eigenvalue weighted by Gasteiger charge is 2.14. The van der Waals surface area contributed by atoms with Gasteiger partial charge in [0.1, 0.15) is 0 Å². The van der Waals surface area contributed by atoms with E-state index in [1.54, 1.807) is 0 Å². The van der Waals surface area contributed by atoms with Crippen molar-refractivity contribution >= 4 is 32.3 Å². The molecule has 0 saturated heterocycles. The van der Waals surface area contributed by atoms with Gasteiger partial charge in [-0.1, -0.05) is 133 Å². The van der Waals surface area contributed by atoms with E-state index >= 15 is 0 Å². The predicted octanol–water partition coefficient (Wildman–Crippen LogP) is 15.6. The van der Waals surface area contributed by atoms with Crippen molar-refractivity contribution in [2.75, 3.05) is 0 Å². The molecule has 9 aromatic carbocycles. The quantitative estimate of drug-likeness (QED) is 0.151. The van der Waals surface area contributed by atoms with Crippen LogP contribution < -0.4 is 0 Å². The summed E-state index contributed by atoms with van der Waals surface area (Å²) in [6.07, 6.45) is 7.40. The standard InChI is InChI=1S/C58H38N2/c1-2-19-55-53(17-1)54-18-3-4-20-56(54)58-38-49(21-22-57(55)58)52-36-50(47-15-7-13-45(33-47)43-11-5-9-41(31-43)39-23-27-59-28-24-39)35-51(37-52)48-16-8-14-46(34-48)44-12-6-10-42(32-44)40-25-29-60-30-26-40/h1-38H. The molecule has 2 nitrogen and oxygen atoms in total. The Hall–Kier alpha value is -7.94. The SMILES string of the molecule is c1cc(-c2ccncc2)cc(-c2cccc(-c3cc(-c4cccc(-c5cccc(-c6ccncc6)c5)c4)cc(-c4ccc5c6ccccc6c6ccccc6c5c4)c3)c2)c1. The van der Waals surface area contributed by atoms with Gasteiger partial charge in [-0.2, -0.15) is 0 Å². The van der Waals surface area contributed by atoms with Gasteiger partial charge in [-0.3, -0.25) is 9.97 Å². The monoisotopic (exact) mass is 762 g/mol. The number of pyridine rings is 2. The number of hydrogen-bond donors (Lipinski definition) is 0. The fraction of sp³-hybridized carbons (Fsp3) is 0. The van der Waals surface area contributed by atoms with Crippen LogP contribution in [0, 0.1) is 0 Å². The fourth-order valence-electron chi connectivity index (χ4n) is 8.82. The average molecular weight is 763 g/mol. The number of aromatic nitrogens is 2. The number of benzene rings is 9. The van der Waals surface area contributed by atoms with Crippen LogP contribution in [-0.2, 0) is 0 Å². The largest absolute Gasteiger partial charge is 0.265 e. The molecular weight excluding hydrogens is 725 g/mol. The van der Waals surface area contributed by atoms with Gasteiger partial charge in [0, 0.05) is 24.8 Å². The summed E-state index contributed by atoms with van der Waals surface area (Å²) in [7, 11) is 0. The lowest BCUT2D eigenvalue weighted by atomic mass is 9.89. The molecule has 11 aromatic rings. The Balaban J connectivity index is 1.07. The van der Waals surface area contributed by atoms with Crippen molar-refractivity contribution in [1.82, 2.24) is 9.97 Å². The van der Waals surface area contributed by atoms with Crippen molar-refractivity contribution < 1.29 is 0 Å². The molecule has 0 spiro atoms. The summed E-state index contributed by atoms with van der Waals surface area (Å²) < 4.78 is 0. The summed E-state index contributed by atoms with van der Waals surface area (Å²) in [4.78, 5) is 8.46. The first-order valence-electron chi connectivity index (χ1n) is 20.4. The Labute approximate surface area is 349 Å². The maximum Gasteiger partial charge on any atom is 0.0273 e. The van der Waals surface area contributed by atoms with E-state index in [1.165, 1.54) is 99.1 Å². The molecule has 0 aliphatic heterocycles. The molecular formula is C58H38N2. The van der Waals surface area contributed by atoms with Crippen molar-refractivity contribution in [1.29, 1.82) is 0 Å². The van der Waals surface area contributed by atoms with Gasteiger partial charge in [-0.25, -0.2) is 0 Å². The van der Waals surface area contributed by atoms with Crippen LogP contribution in [0.5, 0.6) is 0 Å². The van der Waals surface area contributed by atoms with Gasteiger partial charge in [0.15, 0.2) is 0 Å². The molecule has 11 rings (SSSR count). The van der Waals surface area contributed by atoms with E-state index in [1.807, 2.05) is 24.8 Å². The van der Waals surface area contributed by atoms with E-state index in [-0.39, 0.29) is 0 Å². The third-order valence-electron chi connectivity index (χ3n) is 11.8. The molecule has 0 saturated carbocycles.